The summed E-state index contributed by atoms with van der Waals surface area (Å²) in [5.74, 6) is 0.888. The highest BCUT2D eigenvalue weighted by Gasteiger charge is 2.17. The molecule has 3 nitrogen and oxygen atoms in total. The van der Waals surface area contributed by atoms with Crippen molar-refractivity contribution in [3.8, 4) is 0 Å². The molecule has 3 heteroatoms. The molecule has 1 heterocycles. The Bertz CT molecular complexity index is 153. The van der Waals surface area contributed by atoms with Crippen LogP contribution in [-0.2, 0) is 0 Å². The molecule has 0 aliphatic carbocycles. The Kier molecular flexibility index (Phi) is 6.22. The van der Waals surface area contributed by atoms with Crippen molar-refractivity contribution in [1.29, 1.82) is 0 Å². The molecular weight excluding hydrogens is 186 g/mol. The molecule has 1 aliphatic heterocycles. The first-order valence-electron chi connectivity index (χ1n) is 6.30. The molecule has 1 rings (SSSR count). The van der Waals surface area contributed by atoms with Gasteiger partial charge in [0.25, 0.3) is 0 Å². The van der Waals surface area contributed by atoms with E-state index in [4.69, 9.17) is 0 Å². The van der Waals surface area contributed by atoms with Crippen molar-refractivity contribution in [3.63, 3.8) is 0 Å². The molecule has 0 spiro atoms. The smallest absolute Gasteiger partial charge is 0.0109 e. The van der Waals surface area contributed by atoms with Crippen LogP contribution in [0.5, 0.6) is 0 Å². The molecule has 0 aromatic heterocycles. The molecule has 1 N–H and O–H groups in total. The van der Waals surface area contributed by atoms with Gasteiger partial charge < -0.3 is 15.1 Å². The molecule has 0 amide bonds. The van der Waals surface area contributed by atoms with Crippen LogP contribution in [0.15, 0.2) is 0 Å². The van der Waals surface area contributed by atoms with Gasteiger partial charge in [-0.2, -0.15) is 0 Å². The minimum Gasteiger partial charge on any atom is -0.316 e. The average Bonchev–Trinajstić information content (AvgIpc) is 2.67. The zero-order valence-electron chi connectivity index (χ0n) is 10.6. The predicted octanol–water partition coefficient (Wildman–Crippen LogP) is 0.870. The Balaban J connectivity index is 2.22. The van der Waals surface area contributed by atoms with Gasteiger partial charge in [0.05, 0.1) is 0 Å². The fourth-order valence-corrected chi connectivity index (χ4v) is 2.19. The molecule has 0 saturated carbocycles. The molecule has 1 unspecified atom stereocenters. The van der Waals surface area contributed by atoms with E-state index in [-0.39, 0.29) is 0 Å². The van der Waals surface area contributed by atoms with Crippen LogP contribution in [0.3, 0.4) is 0 Å². The Labute approximate surface area is 94.8 Å². The third kappa shape index (κ3) is 5.50. The van der Waals surface area contributed by atoms with Gasteiger partial charge in [-0.25, -0.2) is 0 Å². The van der Waals surface area contributed by atoms with E-state index in [0.29, 0.717) is 0 Å². The zero-order valence-corrected chi connectivity index (χ0v) is 10.6. The maximum Gasteiger partial charge on any atom is 0.0109 e. The Morgan fingerprint density at radius 1 is 1.20 bits per heavy atom. The molecule has 0 bridgehead atoms. The van der Waals surface area contributed by atoms with Crippen molar-refractivity contribution < 1.29 is 0 Å². The summed E-state index contributed by atoms with van der Waals surface area (Å²) in [6, 6.07) is 0. The Morgan fingerprint density at radius 3 is 2.53 bits per heavy atom. The van der Waals surface area contributed by atoms with Crippen LogP contribution in [0.2, 0.25) is 0 Å². The topological polar surface area (TPSA) is 18.5 Å². The molecular formula is C12H27N3. The van der Waals surface area contributed by atoms with Crippen molar-refractivity contribution in [2.75, 3.05) is 53.4 Å². The van der Waals surface area contributed by atoms with Crippen LogP contribution in [-0.4, -0.2) is 63.2 Å². The SMILES string of the molecule is CCCN(CCN(C)C)CC1CCNC1. The minimum absolute atomic E-state index is 0.888. The number of hydrogen-bond donors (Lipinski definition) is 1. The third-order valence-corrected chi connectivity index (χ3v) is 3.08. The van der Waals surface area contributed by atoms with Crippen LogP contribution in [0.4, 0.5) is 0 Å². The van der Waals surface area contributed by atoms with E-state index in [2.05, 4.69) is 36.1 Å². The van der Waals surface area contributed by atoms with Crippen LogP contribution in [0.25, 0.3) is 0 Å². The van der Waals surface area contributed by atoms with Crippen molar-refractivity contribution in [2.45, 2.75) is 19.8 Å². The highest BCUT2D eigenvalue weighted by molar-refractivity contribution is 4.75. The molecule has 15 heavy (non-hydrogen) atoms. The van der Waals surface area contributed by atoms with Crippen molar-refractivity contribution >= 4 is 0 Å². The first-order chi connectivity index (χ1) is 7.22. The van der Waals surface area contributed by atoms with E-state index in [1.54, 1.807) is 0 Å². The van der Waals surface area contributed by atoms with Crippen LogP contribution in [0, 0.1) is 5.92 Å². The van der Waals surface area contributed by atoms with Gasteiger partial charge in [-0.1, -0.05) is 6.92 Å². The van der Waals surface area contributed by atoms with Gasteiger partial charge in [0, 0.05) is 19.6 Å². The van der Waals surface area contributed by atoms with Gasteiger partial charge >= 0.3 is 0 Å². The summed E-state index contributed by atoms with van der Waals surface area (Å²) in [7, 11) is 4.31. The Morgan fingerprint density at radius 2 is 2.00 bits per heavy atom. The summed E-state index contributed by atoms with van der Waals surface area (Å²) in [6.07, 6.45) is 2.63. The zero-order chi connectivity index (χ0) is 11.1. The van der Waals surface area contributed by atoms with Gasteiger partial charge in [-0.05, 0) is 52.5 Å². The second-order valence-electron chi connectivity index (χ2n) is 4.96. The van der Waals surface area contributed by atoms with Gasteiger partial charge in [0.15, 0.2) is 0 Å². The monoisotopic (exact) mass is 213 g/mol. The molecule has 0 radical (unpaired) electrons. The lowest BCUT2D eigenvalue weighted by molar-refractivity contribution is 0.214. The van der Waals surface area contributed by atoms with E-state index in [9.17, 15) is 0 Å². The summed E-state index contributed by atoms with van der Waals surface area (Å²) in [6.45, 7) is 9.66. The summed E-state index contributed by atoms with van der Waals surface area (Å²) in [5.41, 5.74) is 0. The molecule has 90 valence electrons. The Hall–Kier alpha value is -0.120. The number of likely N-dealkylation sites (N-methyl/N-ethyl adjacent to an activating group) is 1. The van der Waals surface area contributed by atoms with E-state index in [0.717, 1.165) is 5.92 Å². The first kappa shape index (κ1) is 12.9. The largest absolute Gasteiger partial charge is 0.316 e. The quantitative estimate of drug-likeness (QED) is 0.677. The number of rotatable bonds is 7. The third-order valence-electron chi connectivity index (χ3n) is 3.08. The lowest BCUT2D eigenvalue weighted by Gasteiger charge is -2.26. The summed E-state index contributed by atoms with van der Waals surface area (Å²) in [4.78, 5) is 4.90. The van der Waals surface area contributed by atoms with Gasteiger partial charge in [-0.15, -0.1) is 0 Å². The number of nitrogens with zero attached hydrogens (tertiary/aromatic N) is 2. The fourth-order valence-electron chi connectivity index (χ4n) is 2.19. The summed E-state index contributed by atoms with van der Waals surface area (Å²) < 4.78 is 0. The van der Waals surface area contributed by atoms with E-state index in [1.165, 1.54) is 52.1 Å². The van der Waals surface area contributed by atoms with Crippen molar-refractivity contribution in [1.82, 2.24) is 15.1 Å². The lowest BCUT2D eigenvalue weighted by atomic mass is 10.1. The maximum atomic E-state index is 3.45. The standard InChI is InChI=1S/C12H27N3/c1-4-7-15(9-8-14(2)3)11-12-5-6-13-10-12/h12-13H,4-11H2,1-3H3. The molecule has 1 aliphatic rings. The normalized spacial score (nSPS) is 21.8. The molecule has 1 atom stereocenters. The number of hydrogen-bond acceptors (Lipinski definition) is 3. The predicted molar refractivity (Wildman–Crippen MR) is 66.3 cm³/mol. The molecule has 0 aromatic carbocycles. The second kappa shape index (κ2) is 7.20. The average molecular weight is 213 g/mol. The maximum absolute atomic E-state index is 3.45. The van der Waals surface area contributed by atoms with Gasteiger partial charge in [-0.3, -0.25) is 0 Å². The number of nitrogens with one attached hydrogen (secondary N) is 1. The van der Waals surface area contributed by atoms with Gasteiger partial charge in [0.1, 0.15) is 0 Å². The van der Waals surface area contributed by atoms with Crippen LogP contribution in [0.1, 0.15) is 19.8 Å². The van der Waals surface area contributed by atoms with Crippen LogP contribution >= 0.6 is 0 Å². The summed E-state index contributed by atoms with van der Waals surface area (Å²) >= 11 is 0. The highest BCUT2D eigenvalue weighted by atomic mass is 15.2. The highest BCUT2D eigenvalue weighted by Crippen LogP contribution is 2.09. The van der Waals surface area contributed by atoms with Crippen molar-refractivity contribution in [2.24, 2.45) is 5.92 Å². The van der Waals surface area contributed by atoms with E-state index < -0.39 is 0 Å². The van der Waals surface area contributed by atoms with Crippen molar-refractivity contribution in [3.05, 3.63) is 0 Å². The molecule has 0 aromatic rings. The van der Waals surface area contributed by atoms with E-state index in [1.807, 2.05) is 0 Å². The fraction of sp³-hybridized carbons (Fsp3) is 1.00. The molecule has 1 fully saturated rings. The van der Waals surface area contributed by atoms with E-state index >= 15 is 0 Å². The second-order valence-corrected chi connectivity index (χ2v) is 4.96. The van der Waals surface area contributed by atoms with Gasteiger partial charge in [0.2, 0.25) is 0 Å². The first-order valence-corrected chi connectivity index (χ1v) is 6.30. The summed E-state index contributed by atoms with van der Waals surface area (Å²) in [5, 5.41) is 3.45. The molecule has 1 saturated heterocycles. The minimum atomic E-state index is 0.888. The lowest BCUT2D eigenvalue weighted by Crippen LogP contribution is -2.36. The van der Waals surface area contributed by atoms with Crippen LogP contribution < -0.4 is 5.32 Å².